The van der Waals surface area contributed by atoms with Gasteiger partial charge in [-0.2, -0.15) is 10.2 Å². The Hall–Kier alpha value is -0.920. The molecule has 0 saturated carbocycles. The summed E-state index contributed by atoms with van der Waals surface area (Å²) in [7, 11) is 0. The van der Waals surface area contributed by atoms with Gasteiger partial charge in [-0.25, -0.2) is 9.67 Å². The van der Waals surface area contributed by atoms with E-state index < -0.39 is 0 Å². The first kappa shape index (κ1) is 12.5. The quantitative estimate of drug-likeness (QED) is 0.798. The summed E-state index contributed by atoms with van der Waals surface area (Å²) in [6.45, 7) is 7.85. The van der Waals surface area contributed by atoms with Gasteiger partial charge in [0, 0.05) is 12.2 Å². The first-order valence-electron chi connectivity index (χ1n) is 5.69. The minimum Gasteiger partial charge on any atom is -0.261 e. The van der Waals surface area contributed by atoms with Crippen LogP contribution in [-0.2, 0) is 13.1 Å². The number of aromatic nitrogens is 5. The molecule has 0 radical (unpaired) electrons. The maximum absolute atomic E-state index is 4.51. The van der Waals surface area contributed by atoms with Gasteiger partial charge < -0.3 is 0 Å². The van der Waals surface area contributed by atoms with Gasteiger partial charge in [0.05, 0.1) is 9.26 Å². The minimum atomic E-state index is 0.690. The highest BCUT2D eigenvalue weighted by atomic mass is 127. The third kappa shape index (κ3) is 2.51. The molecule has 0 N–H and O–H groups in total. The Morgan fingerprint density at radius 1 is 1.29 bits per heavy atom. The summed E-state index contributed by atoms with van der Waals surface area (Å²) in [6.07, 6.45) is 2.67. The third-order valence-electron chi connectivity index (χ3n) is 2.72. The Balaban J connectivity index is 2.25. The van der Waals surface area contributed by atoms with E-state index in [0.29, 0.717) is 6.54 Å². The lowest BCUT2D eigenvalue weighted by Crippen LogP contribution is -2.12. The topological polar surface area (TPSA) is 48.5 Å². The predicted molar refractivity (Wildman–Crippen MR) is 73.8 cm³/mol. The van der Waals surface area contributed by atoms with Gasteiger partial charge in [-0.05, 0) is 42.9 Å². The minimum absolute atomic E-state index is 0.690. The molecule has 2 aromatic rings. The van der Waals surface area contributed by atoms with E-state index in [1.165, 1.54) is 9.26 Å². The van der Waals surface area contributed by atoms with Crippen molar-refractivity contribution in [3.8, 4) is 0 Å². The lowest BCUT2D eigenvalue weighted by Gasteiger charge is -2.06. The summed E-state index contributed by atoms with van der Waals surface area (Å²) < 4.78 is 5.17. The monoisotopic (exact) mass is 345 g/mol. The highest BCUT2D eigenvalue weighted by Crippen LogP contribution is 2.16. The van der Waals surface area contributed by atoms with Crippen molar-refractivity contribution < 1.29 is 0 Å². The van der Waals surface area contributed by atoms with Crippen molar-refractivity contribution in [1.82, 2.24) is 24.5 Å². The Bertz CT molecular complexity index is 514. The first-order valence-corrected chi connectivity index (χ1v) is 6.77. The Labute approximate surface area is 114 Å². The molecule has 0 aliphatic rings. The second-order valence-electron chi connectivity index (χ2n) is 4.04. The van der Waals surface area contributed by atoms with Crippen molar-refractivity contribution in [3.63, 3.8) is 0 Å². The molecule has 0 spiro atoms. The van der Waals surface area contributed by atoms with E-state index in [4.69, 9.17) is 0 Å². The van der Waals surface area contributed by atoms with Crippen LogP contribution in [0.5, 0.6) is 0 Å². The molecule has 0 aliphatic carbocycles. The lowest BCUT2D eigenvalue weighted by atomic mass is 10.4. The van der Waals surface area contributed by atoms with Gasteiger partial charge in [0.25, 0.3) is 0 Å². The molecule has 0 aromatic carbocycles. The molecule has 0 aliphatic heterocycles. The van der Waals surface area contributed by atoms with Crippen LogP contribution in [-0.4, -0.2) is 24.5 Å². The predicted octanol–water partition coefficient (Wildman–Crippen LogP) is 2.15. The van der Waals surface area contributed by atoms with E-state index in [9.17, 15) is 0 Å². The highest BCUT2D eigenvalue weighted by Gasteiger charge is 2.11. The summed E-state index contributed by atoms with van der Waals surface area (Å²) in [4.78, 5) is 4.30. The van der Waals surface area contributed by atoms with E-state index in [2.05, 4.69) is 51.6 Å². The first-order chi connectivity index (χ1) is 8.13. The molecule has 2 heterocycles. The average molecular weight is 345 g/mol. The summed E-state index contributed by atoms with van der Waals surface area (Å²) in [5.41, 5.74) is 2.26. The van der Waals surface area contributed by atoms with Crippen LogP contribution in [0.1, 0.15) is 30.6 Å². The molecule has 2 rings (SSSR count). The van der Waals surface area contributed by atoms with Gasteiger partial charge >= 0.3 is 0 Å². The molecule has 0 bridgehead atoms. The largest absolute Gasteiger partial charge is 0.261 e. The second kappa shape index (κ2) is 5.16. The van der Waals surface area contributed by atoms with Crippen LogP contribution >= 0.6 is 22.6 Å². The Morgan fingerprint density at radius 3 is 2.65 bits per heavy atom. The van der Waals surface area contributed by atoms with E-state index in [1.54, 1.807) is 6.33 Å². The standard InChI is InChI=1S/C11H16IN5/c1-4-5-16-10(13-7-14-16)6-17-9(3)11(12)8(2)15-17/h7H,4-6H2,1-3H3. The fraction of sp³-hybridized carbons (Fsp3) is 0.545. The van der Waals surface area contributed by atoms with Crippen LogP contribution < -0.4 is 0 Å². The molecule has 17 heavy (non-hydrogen) atoms. The number of halogens is 1. The van der Waals surface area contributed by atoms with Crippen LogP contribution in [0.25, 0.3) is 0 Å². The summed E-state index contributed by atoms with van der Waals surface area (Å²) in [5, 5.41) is 8.74. The summed E-state index contributed by atoms with van der Waals surface area (Å²) in [6, 6.07) is 0. The molecular weight excluding hydrogens is 329 g/mol. The molecule has 0 saturated heterocycles. The zero-order valence-electron chi connectivity index (χ0n) is 10.3. The fourth-order valence-corrected chi connectivity index (χ4v) is 2.16. The zero-order chi connectivity index (χ0) is 12.4. The number of nitrogens with zero attached hydrogens (tertiary/aromatic N) is 5. The van der Waals surface area contributed by atoms with Gasteiger partial charge in [-0.15, -0.1) is 0 Å². The zero-order valence-corrected chi connectivity index (χ0v) is 12.5. The normalized spacial score (nSPS) is 11.1. The fourth-order valence-electron chi connectivity index (χ4n) is 1.77. The third-order valence-corrected chi connectivity index (χ3v) is 4.28. The van der Waals surface area contributed by atoms with Crippen LogP contribution in [0.3, 0.4) is 0 Å². The van der Waals surface area contributed by atoms with Gasteiger partial charge in [0.1, 0.15) is 18.7 Å². The van der Waals surface area contributed by atoms with Crippen LogP contribution in [0, 0.1) is 17.4 Å². The molecule has 0 amide bonds. The highest BCUT2D eigenvalue weighted by molar-refractivity contribution is 14.1. The lowest BCUT2D eigenvalue weighted by molar-refractivity contribution is 0.533. The number of aryl methyl sites for hydroxylation is 2. The second-order valence-corrected chi connectivity index (χ2v) is 5.12. The smallest absolute Gasteiger partial charge is 0.148 e. The van der Waals surface area contributed by atoms with Crippen LogP contribution in [0.4, 0.5) is 0 Å². The van der Waals surface area contributed by atoms with Crippen LogP contribution in [0.2, 0.25) is 0 Å². The van der Waals surface area contributed by atoms with Gasteiger partial charge in [-0.1, -0.05) is 6.92 Å². The van der Waals surface area contributed by atoms with Crippen molar-refractivity contribution in [2.45, 2.75) is 40.3 Å². The van der Waals surface area contributed by atoms with Gasteiger partial charge in [-0.3, -0.25) is 4.68 Å². The molecular formula is C11H16IN5. The number of rotatable bonds is 4. The molecule has 5 nitrogen and oxygen atoms in total. The van der Waals surface area contributed by atoms with E-state index >= 15 is 0 Å². The van der Waals surface area contributed by atoms with Crippen molar-refractivity contribution in [2.24, 2.45) is 0 Å². The van der Waals surface area contributed by atoms with Gasteiger partial charge in [0.15, 0.2) is 0 Å². The summed E-state index contributed by atoms with van der Waals surface area (Å²) in [5.74, 6) is 0.967. The molecule has 92 valence electrons. The Kier molecular flexibility index (Phi) is 3.80. The van der Waals surface area contributed by atoms with Gasteiger partial charge in [0.2, 0.25) is 0 Å². The molecule has 2 aromatic heterocycles. The van der Waals surface area contributed by atoms with E-state index in [0.717, 1.165) is 24.5 Å². The number of hydrogen-bond acceptors (Lipinski definition) is 3. The average Bonchev–Trinajstić information content (AvgIpc) is 2.82. The maximum Gasteiger partial charge on any atom is 0.148 e. The van der Waals surface area contributed by atoms with E-state index in [-0.39, 0.29) is 0 Å². The molecule has 0 unspecified atom stereocenters. The van der Waals surface area contributed by atoms with Crippen molar-refractivity contribution in [1.29, 1.82) is 0 Å². The maximum atomic E-state index is 4.51. The number of hydrogen-bond donors (Lipinski definition) is 0. The van der Waals surface area contributed by atoms with Crippen molar-refractivity contribution in [3.05, 3.63) is 27.1 Å². The van der Waals surface area contributed by atoms with Crippen molar-refractivity contribution >= 4 is 22.6 Å². The van der Waals surface area contributed by atoms with E-state index in [1.807, 2.05) is 16.3 Å². The Morgan fingerprint density at radius 2 is 2.06 bits per heavy atom. The molecule has 6 heteroatoms. The summed E-state index contributed by atoms with van der Waals surface area (Å²) >= 11 is 2.33. The van der Waals surface area contributed by atoms with Crippen molar-refractivity contribution in [2.75, 3.05) is 0 Å². The van der Waals surface area contributed by atoms with Crippen LogP contribution in [0.15, 0.2) is 6.33 Å². The SMILES string of the molecule is CCCn1ncnc1Cn1nc(C)c(I)c1C. The molecule has 0 fully saturated rings. The molecule has 0 atom stereocenters.